The molecule has 0 amide bonds. The van der Waals surface area contributed by atoms with Gasteiger partial charge in [0.05, 0.1) is 6.04 Å². The minimum atomic E-state index is 0.147. The van der Waals surface area contributed by atoms with Gasteiger partial charge in [-0.05, 0) is 41.1 Å². The largest absolute Gasteiger partial charge is 0.348 e. The monoisotopic (exact) mass is 326 g/mol. The van der Waals surface area contributed by atoms with E-state index >= 15 is 0 Å². The van der Waals surface area contributed by atoms with Crippen molar-refractivity contribution in [1.29, 1.82) is 0 Å². The molecule has 2 aromatic rings. The lowest BCUT2D eigenvalue weighted by Crippen LogP contribution is -2.09. The standard InChI is InChI=1S/C11H11IN4/c1-8(9-3-2-4-13-5-9)16-11-14-6-10(12)7-15-11/h2-8H,1H3,(H,14,15,16). The molecule has 0 radical (unpaired) electrons. The van der Waals surface area contributed by atoms with Crippen molar-refractivity contribution in [2.75, 3.05) is 5.32 Å². The van der Waals surface area contributed by atoms with Crippen LogP contribution < -0.4 is 5.32 Å². The highest BCUT2D eigenvalue weighted by Gasteiger charge is 2.06. The van der Waals surface area contributed by atoms with Crippen molar-refractivity contribution in [3.63, 3.8) is 0 Å². The minimum Gasteiger partial charge on any atom is -0.348 e. The van der Waals surface area contributed by atoms with E-state index in [1.165, 1.54) is 0 Å². The normalized spacial score (nSPS) is 12.1. The van der Waals surface area contributed by atoms with Crippen LogP contribution in [0.4, 0.5) is 5.95 Å². The Labute approximate surface area is 108 Å². The quantitative estimate of drug-likeness (QED) is 0.881. The van der Waals surface area contributed by atoms with E-state index in [4.69, 9.17) is 0 Å². The van der Waals surface area contributed by atoms with Gasteiger partial charge in [0.1, 0.15) is 0 Å². The maximum atomic E-state index is 4.19. The number of hydrogen-bond acceptors (Lipinski definition) is 4. The summed E-state index contributed by atoms with van der Waals surface area (Å²) in [5.41, 5.74) is 1.12. The second-order valence-electron chi connectivity index (χ2n) is 3.38. The van der Waals surface area contributed by atoms with Gasteiger partial charge in [0, 0.05) is 28.4 Å². The summed E-state index contributed by atoms with van der Waals surface area (Å²) < 4.78 is 1.03. The number of anilines is 1. The molecule has 1 unspecified atom stereocenters. The molecular weight excluding hydrogens is 315 g/mol. The fourth-order valence-corrected chi connectivity index (χ4v) is 1.57. The molecule has 0 aliphatic carbocycles. The zero-order valence-electron chi connectivity index (χ0n) is 8.76. The van der Waals surface area contributed by atoms with Crippen molar-refractivity contribution in [3.05, 3.63) is 46.1 Å². The van der Waals surface area contributed by atoms with E-state index < -0.39 is 0 Å². The summed E-state index contributed by atoms with van der Waals surface area (Å²) in [6, 6.07) is 4.09. The number of pyridine rings is 1. The third-order valence-electron chi connectivity index (χ3n) is 2.15. The van der Waals surface area contributed by atoms with Gasteiger partial charge < -0.3 is 5.32 Å². The van der Waals surface area contributed by atoms with Crippen LogP contribution >= 0.6 is 22.6 Å². The van der Waals surface area contributed by atoms with Crippen molar-refractivity contribution >= 4 is 28.5 Å². The summed E-state index contributed by atoms with van der Waals surface area (Å²) in [6.45, 7) is 2.05. The number of hydrogen-bond donors (Lipinski definition) is 1. The Morgan fingerprint density at radius 2 is 2.00 bits per heavy atom. The predicted molar refractivity (Wildman–Crippen MR) is 71.0 cm³/mol. The number of halogens is 1. The highest BCUT2D eigenvalue weighted by atomic mass is 127. The highest BCUT2D eigenvalue weighted by molar-refractivity contribution is 14.1. The molecule has 0 fully saturated rings. The summed E-state index contributed by atoms with van der Waals surface area (Å²) in [7, 11) is 0. The van der Waals surface area contributed by atoms with Crippen LogP contribution in [0.25, 0.3) is 0 Å². The molecule has 4 nitrogen and oxygen atoms in total. The zero-order chi connectivity index (χ0) is 11.4. The van der Waals surface area contributed by atoms with Gasteiger partial charge in [-0.3, -0.25) is 4.98 Å². The van der Waals surface area contributed by atoms with Gasteiger partial charge >= 0.3 is 0 Å². The lowest BCUT2D eigenvalue weighted by Gasteiger charge is -2.13. The van der Waals surface area contributed by atoms with Crippen molar-refractivity contribution in [3.8, 4) is 0 Å². The predicted octanol–water partition coefficient (Wildman–Crippen LogP) is 2.65. The first kappa shape index (κ1) is 11.3. The van der Waals surface area contributed by atoms with Gasteiger partial charge in [-0.15, -0.1) is 0 Å². The molecule has 0 bridgehead atoms. The number of rotatable bonds is 3. The van der Waals surface area contributed by atoms with Crippen molar-refractivity contribution in [2.45, 2.75) is 13.0 Å². The summed E-state index contributed by atoms with van der Waals surface area (Å²) in [5.74, 6) is 0.636. The first-order valence-corrected chi connectivity index (χ1v) is 5.97. The first-order chi connectivity index (χ1) is 7.75. The molecule has 0 aliphatic heterocycles. The fraction of sp³-hybridized carbons (Fsp3) is 0.182. The summed E-state index contributed by atoms with van der Waals surface area (Å²) >= 11 is 2.18. The summed E-state index contributed by atoms with van der Waals surface area (Å²) in [4.78, 5) is 12.5. The lowest BCUT2D eigenvalue weighted by molar-refractivity contribution is 0.852. The second-order valence-corrected chi connectivity index (χ2v) is 4.62. The Bertz CT molecular complexity index is 443. The SMILES string of the molecule is CC(Nc1ncc(I)cn1)c1cccnc1. The maximum Gasteiger partial charge on any atom is 0.223 e. The zero-order valence-corrected chi connectivity index (χ0v) is 10.9. The average molecular weight is 326 g/mol. The molecule has 2 rings (SSSR count). The molecule has 0 aromatic carbocycles. The van der Waals surface area contributed by atoms with Crippen LogP contribution in [0.5, 0.6) is 0 Å². The Morgan fingerprint density at radius 1 is 1.25 bits per heavy atom. The lowest BCUT2D eigenvalue weighted by atomic mass is 10.1. The topological polar surface area (TPSA) is 50.7 Å². The highest BCUT2D eigenvalue weighted by Crippen LogP contribution is 2.15. The molecule has 2 aromatic heterocycles. The summed E-state index contributed by atoms with van der Waals surface area (Å²) in [6.07, 6.45) is 7.17. The van der Waals surface area contributed by atoms with Gasteiger partial charge in [0.15, 0.2) is 0 Å². The van der Waals surface area contributed by atoms with Crippen LogP contribution in [0.1, 0.15) is 18.5 Å². The first-order valence-electron chi connectivity index (χ1n) is 4.90. The molecule has 0 saturated heterocycles. The van der Waals surface area contributed by atoms with Crippen molar-refractivity contribution in [2.24, 2.45) is 0 Å². The van der Waals surface area contributed by atoms with Gasteiger partial charge in [-0.1, -0.05) is 6.07 Å². The Hall–Kier alpha value is -1.24. The van der Waals surface area contributed by atoms with E-state index in [2.05, 4.69) is 49.8 Å². The molecule has 1 atom stereocenters. The number of nitrogens with zero attached hydrogens (tertiary/aromatic N) is 3. The van der Waals surface area contributed by atoms with Gasteiger partial charge in [0.25, 0.3) is 0 Å². The molecular formula is C11H11IN4. The fourth-order valence-electron chi connectivity index (χ4n) is 1.30. The van der Waals surface area contributed by atoms with Gasteiger partial charge in [0.2, 0.25) is 5.95 Å². The molecule has 0 spiro atoms. The number of nitrogens with one attached hydrogen (secondary N) is 1. The van der Waals surface area contributed by atoms with E-state index in [0.717, 1.165) is 9.13 Å². The van der Waals surface area contributed by atoms with Gasteiger partial charge in [-0.25, -0.2) is 9.97 Å². The van der Waals surface area contributed by atoms with Crippen molar-refractivity contribution < 1.29 is 0 Å². The van der Waals surface area contributed by atoms with E-state index in [1.54, 1.807) is 18.6 Å². The third kappa shape index (κ3) is 2.88. The van der Waals surface area contributed by atoms with E-state index in [0.29, 0.717) is 5.95 Å². The van der Waals surface area contributed by atoms with Gasteiger partial charge in [-0.2, -0.15) is 0 Å². The maximum absolute atomic E-state index is 4.19. The van der Waals surface area contributed by atoms with E-state index in [-0.39, 0.29) is 6.04 Å². The van der Waals surface area contributed by atoms with Crippen LogP contribution in [-0.4, -0.2) is 15.0 Å². The molecule has 82 valence electrons. The average Bonchev–Trinajstić information content (AvgIpc) is 2.33. The summed E-state index contributed by atoms with van der Waals surface area (Å²) in [5, 5.41) is 3.22. The van der Waals surface area contributed by atoms with E-state index in [1.807, 2.05) is 18.3 Å². The number of aromatic nitrogens is 3. The molecule has 16 heavy (non-hydrogen) atoms. The molecule has 5 heteroatoms. The van der Waals surface area contributed by atoms with Crippen LogP contribution in [0.15, 0.2) is 36.9 Å². The van der Waals surface area contributed by atoms with Crippen LogP contribution in [0.3, 0.4) is 0 Å². The molecule has 0 saturated carbocycles. The third-order valence-corrected chi connectivity index (χ3v) is 2.71. The minimum absolute atomic E-state index is 0.147. The Morgan fingerprint density at radius 3 is 2.62 bits per heavy atom. The molecule has 1 N–H and O–H groups in total. The Kier molecular flexibility index (Phi) is 3.66. The Balaban J connectivity index is 2.08. The van der Waals surface area contributed by atoms with Crippen molar-refractivity contribution in [1.82, 2.24) is 15.0 Å². The van der Waals surface area contributed by atoms with Crippen LogP contribution in [0.2, 0.25) is 0 Å². The second kappa shape index (κ2) is 5.20. The molecule has 0 aliphatic rings. The van der Waals surface area contributed by atoms with Crippen LogP contribution in [0, 0.1) is 3.57 Å². The molecule has 2 heterocycles. The van der Waals surface area contributed by atoms with Crippen LogP contribution in [-0.2, 0) is 0 Å². The van der Waals surface area contributed by atoms with E-state index in [9.17, 15) is 0 Å². The smallest absolute Gasteiger partial charge is 0.223 e.